The Morgan fingerprint density at radius 2 is 1.90 bits per heavy atom. The van der Waals surface area contributed by atoms with Crippen molar-refractivity contribution >= 4 is 38.4 Å². The van der Waals surface area contributed by atoms with Crippen LogP contribution >= 0.6 is 0 Å². The summed E-state index contributed by atoms with van der Waals surface area (Å²) in [6.07, 6.45) is 9.38. The Balaban J connectivity index is 1.51. The van der Waals surface area contributed by atoms with Crippen LogP contribution in [0.4, 0.5) is 5.82 Å². The third-order valence-corrected chi connectivity index (χ3v) is 7.98. The van der Waals surface area contributed by atoms with Gasteiger partial charge in [0.15, 0.2) is 11.5 Å². The van der Waals surface area contributed by atoms with Crippen molar-refractivity contribution in [1.82, 2.24) is 29.2 Å². The van der Waals surface area contributed by atoms with Crippen molar-refractivity contribution in [3.05, 3.63) is 99.2 Å². The highest BCUT2D eigenvalue weighted by Gasteiger charge is 2.32. The van der Waals surface area contributed by atoms with Crippen LogP contribution in [0.5, 0.6) is 0 Å². The monoisotopic (exact) mass is 553 g/mol. The van der Waals surface area contributed by atoms with E-state index in [1.807, 2.05) is 36.4 Å². The molecule has 3 N–H and O–H groups in total. The minimum atomic E-state index is -3.98. The molecule has 12 heteroatoms. The molecule has 1 atom stereocenters. The van der Waals surface area contributed by atoms with Crippen molar-refractivity contribution in [2.75, 3.05) is 11.8 Å². The van der Waals surface area contributed by atoms with E-state index in [0.29, 0.717) is 28.8 Å². The quantitative estimate of drug-likeness (QED) is 0.259. The molecule has 0 aliphatic heterocycles. The number of para-hydroxylation sites is 1. The lowest BCUT2D eigenvalue weighted by atomic mass is 9.81. The van der Waals surface area contributed by atoms with E-state index >= 15 is 0 Å². The lowest BCUT2D eigenvalue weighted by Crippen LogP contribution is -2.36. The lowest BCUT2D eigenvalue weighted by Gasteiger charge is -2.30. The molecule has 0 unspecified atom stereocenters. The first-order valence-electron chi connectivity index (χ1n) is 12.3. The average molecular weight is 554 g/mol. The summed E-state index contributed by atoms with van der Waals surface area (Å²) < 4.78 is 31.8. The summed E-state index contributed by atoms with van der Waals surface area (Å²) in [5.41, 5.74) is 3.49. The van der Waals surface area contributed by atoms with E-state index < -0.39 is 22.2 Å². The van der Waals surface area contributed by atoms with Crippen LogP contribution in [0, 0.1) is 12.3 Å². The molecule has 1 amide bonds. The zero-order chi connectivity index (χ0) is 28.2. The van der Waals surface area contributed by atoms with Crippen LogP contribution in [0.1, 0.15) is 45.7 Å². The van der Waals surface area contributed by atoms with E-state index in [0.717, 1.165) is 16.5 Å². The second-order valence-electron chi connectivity index (χ2n) is 9.30. The van der Waals surface area contributed by atoms with E-state index in [-0.39, 0.29) is 22.6 Å². The number of terminal acetylenes is 1. The highest BCUT2D eigenvalue weighted by Crippen LogP contribution is 2.39. The maximum atomic E-state index is 14.0. The molecule has 5 aromatic rings. The Bertz CT molecular complexity index is 2060. The third-order valence-electron chi connectivity index (χ3n) is 6.98. The van der Waals surface area contributed by atoms with Crippen molar-refractivity contribution < 1.29 is 13.2 Å². The summed E-state index contributed by atoms with van der Waals surface area (Å²) in [7, 11) is -2.74. The van der Waals surface area contributed by atoms with Crippen LogP contribution in [0.3, 0.4) is 0 Å². The van der Waals surface area contributed by atoms with Gasteiger partial charge in [0.25, 0.3) is 21.7 Å². The normalized spacial score (nSPS) is 13.0. The highest BCUT2D eigenvalue weighted by molar-refractivity contribution is 7.90. The first-order valence-corrected chi connectivity index (χ1v) is 13.8. The number of benzene rings is 2. The molecular weight excluding hydrogens is 530 g/mol. The fraction of sp³-hybridized carbons (Fsp3) is 0.143. The molecule has 2 aromatic carbocycles. The van der Waals surface area contributed by atoms with Crippen LogP contribution in [0.15, 0.2) is 65.7 Å². The molecule has 1 aliphatic rings. The van der Waals surface area contributed by atoms with Gasteiger partial charge in [0.1, 0.15) is 5.56 Å². The Morgan fingerprint density at radius 1 is 1.12 bits per heavy atom. The second kappa shape index (κ2) is 9.33. The molecule has 0 radical (unpaired) electrons. The number of carbonyl (C=O) groups is 1. The molecule has 200 valence electrons. The van der Waals surface area contributed by atoms with Gasteiger partial charge in [-0.15, -0.1) is 11.5 Å². The fourth-order valence-electron chi connectivity index (χ4n) is 5.20. The third kappa shape index (κ3) is 3.91. The van der Waals surface area contributed by atoms with Gasteiger partial charge in [-0.25, -0.2) is 14.2 Å². The van der Waals surface area contributed by atoms with Gasteiger partial charge in [-0.2, -0.15) is 8.42 Å². The average Bonchev–Trinajstić information content (AvgIpc) is 3.30. The molecule has 0 saturated carbocycles. The molecule has 1 aliphatic carbocycles. The van der Waals surface area contributed by atoms with E-state index in [4.69, 9.17) is 6.42 Å². The van der Waals surface area contributed by atoms with Crippen molar-refractivity contribution in [3.63, 3.8) is 0 Å². The number of pyridine rings is 1. The predicted octanol–water partition coefficient (Wildman–Crippen LogP) is 2.29. The topological polar surface area (TPSA) is 139 Å². The number of nitrogens with one attached hydrogen (secondary N) is 3. The molecule has 6 rings (SSSR count). The number of rotatable bonds is 7. The van der Waals surface area contributed by atoms with Crippen LogP contribution in [-0.2, 0) is 16.6 Å². The van der Waals surface area contributed by atoms with Gasteiger partial charge in [-0.3, -0.25) is 18.9 Å². The lowest BCUT2D eigenvalue weighted by molar-refractivity contribution is 0.0941. The number of hydrogen-bond acceptors (Lipinski definition) is 6. The summed E-state index contributed by atoms with van der Waals surface area (Å²) in [5, 5.41) is 8.43. The highest BCUT2D eigenvalue weighted by atomic mass is 32.2. The van der Waals surface area contributed by atoms with Gasteiger partial charge in [0, 0.05) is 37.1 Å². The number of amides is 1. The van der Waals surface area contributed by atoms with Crippen molar-refractivity contribution in [2.45, 2.75) is 19.4 Å². The van der Waals surface area contributed by atoms with Crippen molar-refractivity contribution in [3.8, 4) is 18.0 Å². The first-order chi connectivity index (χ1) is 19.2. The number of anilines is 1. The first kappa shape index (κ1) is 25.3. The number of carbonyl (C=O) groups excluding carboxylic acids is 1. The van der Waals surface area contributed by atoms with Crippen LogP contribution < -0.4 is 20.3 Å². The summed E-state index contributed by atoms with van der Waals surface area (Å²) in [5.74, 6) is 1.82. The van der Waals surface area contributed by atoms with E-state index in [2.05, 4.69) is 30.8 Å². The fourth-order valence-corrected chi connectivity index (χ4v) is 5.70. The maximum Gasteiger partial charge on any atom is 0.300 e. The van der Waals surface area contributed by atoms with E-state index in [1.54, 1.807) is 29.8 Å². The van der Waals surface area contributed by atoms with Gasteiger partial charge < -0.3 is 5.32 Å². The van der Waals surface area contributed by atoms with Gasteiger partial charge in [-0.05, 0) is 47.7 Å². The van der Waals surface area contributed by atoms with Crippen molar-refractivity contribution in [1.29, 1.82) is 0 Å². The number of aromatic nitrogens is 4. The Labute approximate surface area is 229 Å². The van der Waals surface area contributed by atoms with Gasteiger partial charge in [0.2, 0.25) is 0 Å². The largest absolute Gasteiger partial charge is 0.344 e. The van der Waals surface area contributed by atoms with Gasteiger partial charge >= 0.3 is 0 Å². The van der Waals surface area contributed by atoms with Crippen LogP contribution in [-0.4, -0.2) is 40.5 Å². The van der Waals surface area contributed by atoms with Crippen LogP contribution in [0.25, 0.3) is 22.1 Å². The molecule has 11 nitrogen and oxygen atoms in total. The minimum absolute atomic E-state index is 0.0606. The molecule has 0 bridgehead atoms. The summed E-state index contributed by atoms with van der Waals surface area (Å²) in [6, 6.07) is 13.8. The minimum Gasteiger partial charge on any atom is -0.344 e. The number of fused-ring (bicyclic) bond motifs is 1. The Kier molecular flexibility index (Phi) is 5.90. The van der Waals surface area contributed by atoms with E-state index in [9.17, 15) is 18.0 Å². The zero-order valence-electron chi connectivity index (χ0n) is 21.5. The molecule has 0 fully saturated rings. The Hall–Kier alpha value is -4.99. The second-order valence-corrected chi connectivity index (χ2v) is 10.9. The molecule has 3 aromatic heterocycles. The molecular formula is C28H23N7O4S. The number of hydrogen-bond donors (Lipinski definition) is 3. The molecule has 3 heterocycles. The predicted molar refractivity (Wildman–Crippen MR) is 151 cm³/mol. The van der Waals surface area contributed by atoms with Crippen LogP contribution in [0.2, 0.25) is 0 Å². The SMILES string of the molecule is C#Cc1ccc2c3c(c([C@@H](C)NC(=O)c4c(NS(=O)(=O)NC)nn5cccnc45)n(-c4ccccc4)c(=O)c13)C2. The smallest absolute Gasteiger partial charge is 0.300 e. The number of nitrogens with zero attached hydrogens (tertiary/aromatic N) is 4. The summed E-state index contributed by atoms with van der Waals surface area (Å²) in [4.78, 5) is 32.0. The summed E-state index contributed by atoms with van der Waals surface area (Å²) >= 11 is 0. The molecule has 40 heavy (non-hydrogen) atoms. The van der Waals surface area contributed by atoms with Gasteiger partial charge in [-0.1, -0.05) is 30.2 Å². The molecule has 0 spiro atoms. The standard InChI is InChI=1S/C28H23N7O4S/c1-4-17-11-12-18-15-20-21(18)22(17)28(37)35(19-9-6-5-7-10-19)24(20)16(2)31-27(36)23-25(33-40(38,39)29-3)32-34-14-8-13-30-26(23)34/h1,5-14,16,29H,15H2,2-3H3,(H,31,36)(H,32,33)/t16-/m1/s1. The summed E-state index contributed by atoms with van der Waals surface area (Å²) in [6.45, 7) is 1.77. The maximum absolute atomic E-state index is 14.0. The Morgan fingerprint density at radius 3 is 2.62 bits per heavy atom. The zero-order valence-corrected chi connectivity index (χ0v) is 22.3. The van der Waals surface area contributed by atoms with Crippen molar-refractivity contribution in [2.24, 2.45) is 0 Å². The van der Waals surface area contributed by atoms with Gasteiger partial charge in [0.05, 0.1) is 17.1 Å². The molecule has 0 saturated heterocycles. The van der Waals surface area contributed by atoms with E-state index in [1.165, 1.54) is 17.8 Å².